The number of methoxy groups -OCH3 is 1. The second-order valence-electron chi connectivity index (χ2n) is 9.02. The molecule has 0 aromatic heterocycles. The predicted octanol–water partition coefficient (Wildman–Crippen LogP) is 1.79. The molecule has 1 aromatic rings. The number of nitrogens with zero attached hydrogens (tertiary/aromatic N) is 1. The summed E-state index contributed by atoms with van der Waals surface area (Å²) in [4.78, 5) is 15.5. The molecule has 26 heavy (non-hydrogen) atoms. The summed E-state index contributed by atoms with van der Waals surface area (Å²) in [6.07, 6.45) is 5.45. The van der Waals surface area contributed by atoms with Crippen LogP contribution < -0.4 is 15.2 Å². The SMILES string of the molecule is COc1ccc2c3c1O[C@H]1C(=O)CCC4(N)[C@@H](C2)N(CC2CC2)CC[C@]314. The van der Waals surface area contributed by atoms with Gasteiger partial charge in [-0.05, 0) is 56.2 Å². The minimum atomic E-state index is -0.433. The molecule has 3 fully saturated rings. The molecule has 2 N–H and O–H groups in total. The molecule has 0 amide bonds. The van der Waals surface area contributed by atoms with E-state index in [1.807, 2.05) is 6.07 Å². The van der Waals surface area contributed by atoms with Crippen molar-refractivity contribution in [1.82, 2.24) is 4.90 Å². The number of rotatable bonds is 3. The van der Waals surface area contributed by atoms with Gasteiger partial charge in [0.05, 0.1) is 12.5 Å². The molecule has 1 saturated heterocycles. The minimum absolute atomic E-state index is 0.214. The lowest BCUT2D eigenvalue weighted by atomic mass is 9.47. The van der Waals surface area contributed by atoms with E-state index in [1.54, 1.807) is 7.11 Å². The Labute approximate surface area is 153 Å². The summed E-state index contributed by atoms with van der Waals surface area (Å²) in [7, 11) is 1.67. The molecule has 138 valence electrons. The third kappa shape index (κ3) is 1.63. The number of ketones is 1. The Bertz CT molecular complexity index is 820. The zero-order valence-electron chi connectivity index (χ0n) is 15.3. The molecule has 2 heterocycles. The van der Waals surface area contributed by atoms with Gasteiger partial charge in [-0.15, -0.1) is 0 Å². The molecule has 2 saturated carbocycles. The zero-order chi connectivity index (χ0) is 17.7. The molecule has 5 nitrogen and oxygen atoms in total. The second-order valence-corrected chi connectivity index (χ2v) is 9.02. The van der Waals surface area contributed by atoms with Gasteiger partial charge in [0.2, 0.25) is 0 Å². The van der Waals surface area contributed by atoms with E-state index in [1.165, 1.54) is 24.0 Å². The first-order valence-electron chi connectivity index (χ1n) is 10.0. The van der Waals surface area contributed by atoms with Crippen LogP contribution >= 0.6 is 0 Å². The molecule has 5 aliphatic rings. The average Bonchev–Trinajstić information content (AvgIpc) is 3.37. The van der Waals surface area contributed by atoms with Crippen molar-refractivity contribution in [3.05, 3.63) is 23.3 Å². The van der Waals surface area contributed by atoms with Crippen LogP contribution in [0.25, 0.3) is 0 Å². The molecular weight excluding hydrogens is 328 g/mol. The lowest BCUT2D eigenvalue weighted by molar-refractivity contribution is -0.141. The van der Waals surface area contributed by atoms with Crippen molar-refractivity contribution in [3.8, 4) is 11.5 Å². The van der Waals surface area contributed by atoms with Crippen LogP contribution in [0, 0.1) is 5.92 Å². The van der Waals surface area contributed by atoms with Gasteiger partial charge in [0, 0.05) is 30.1 Å². The van der Waals surface area contributed by atoms with Crippen LogP contribution in [0.1, 0.15) is 43.2 Å². The Hall–Kier alpha value is -1.59. The van der Waals surface area contributed by atoms with Gasteiger partial charge >= 0.3 is 0 Å². The van der Waals surface area contributed by atoms with Gasteiger partial charge in [-0.1, -0.05) is 6.07 Å². The zero-order valence-corrected chi connectivity index (χ0v) is 15.3. The van der Waals surface area contributed by atoms with Crippen molar-refractivity contribution in [3.63, 3.8) is 0 Å². The lowest BCUT2D eigenvalue weighted by Gasteiger charge is -2.63. The van der Waals surface area contributed by atoms with E-state index in [9.17, 15) is 4.79 Å². The second kappa shape index (κ2) is 4.82. The van der Waals surface area contributed by atoms with Crippen molar-refractivity contribution in [2.24, 2.45) is 11.7 Å². The summed E-state index contributed by atoms with van der Waals surface area (Å²) in [5.74, 6) is 2.59. The van der Waals surface area contributed by atoms with Gasteiger partial charge in [0.1, 0.15) is 0 Å². The molecule has 3 aliphatic carbocycles. The normalized spacial score (nSPS) is 40.2. The van der Waals surface area contributed by atoms with Crippen LogP contribution in [0.4, 0.5) is 0 Å². The van der Waals surface area contributed by atoms with Gasteiger partial charge in [0.25, 0.3) is 0 Å². The van der Waals surface area contributed by atoms with Crippen molar-refractivity contribution < 1.29 is 14.3 Å². The number of hydrogen-bond donors (Lipinski definition) is 1. The standard InChI is InChI=1S/C21H26N2O3/c1-25-15-5-4-13-10-16-21(22)7-6-14(24)19-20(21,17(13)18(15)26-19)8-9-23(16)11-12-2-3-12/h4-5,12,16,19H,2-3,6-11,22H2,1H3/t16-,19+,20+,21?/m1/s1. The molecule has 1 aromatic carbocycles. The Morgan fingerprint density at radius 3 is 2.96 bits per heavy atom. The van der Waals surface area contributed by atoms with Crippen LogP contribution in [0.5, 0.6) is 11.5 Å². The van der Waals surface area contributed by atoms with Gasteiger partial charge in [-0.3, -0.25) is 9.69 Å². The fraction of sp³-hybridized carbons (Fsp3) is 0.667. The predicted molar refractivity (Wildman–Crippen MR) is 96.7 cm³/mol. The lowest BCUT2D eigenvalue weighted by Crippen LogP contribution is -2.80. The van der Waals surface area contributed by atoms with Crippen LogP contribution in [-0.4, -0.2) is 48.6 Å². The number of ether oxygens (including phenoxy) is 2. The Balaban J connectivity index is 1.57. The van der Waals surface area contributed by atoms with Gasteiger partial charge in [-0.2, -0.15) is 0 Å². The molecule has 0 radical (unpaired) electrons. The molecule has 4 atom stereocenters. The van der Waals surface area contributed by atoms with E-state index in [-0.39, 0.29) is 16.7 Å². The molecule has 6 rings (SSSR count). The first-order chi connectivity index (χ1) is 12.6. The highest BCUT2D eigenvalue weighted by Gasteiger charge is 2.72. The van der Waals surface area contributed by atoms with E-state index < -0.39 is 6.10 Å². The van der Waals surface area contributed by atoms with E-state index in [2.05, 4.69) is 11.0 Å². The van der Waals surface area contributed by atoms with E-state index in [0.717, 1.165) is 49.8 Å². The number of piperidine rings is 1. The first kappa shape index (κ1) is 15.5. The van der Waals surface area contributed by atoms with E-state index in [4.69, 9.17) is 15.2 Å². The van der Waals surface area contributed by atoms with Crippen LogP contribution in [0.15, 0.2) is 12.1 Å². The summed E-state index contributed by atoms with van der Waals surface area (Å²) in [5.41, 5.74) is 9.02. The molecule has 1 spiro atoms. The molecule has 1 unspecified atom stereocenters. The van der Waals surface area contributed by atoms with Crippen LogP contribution in [-0.2, 0) is 16.6 Å². The number of carbonyl (C=O) groups is 1. The van der Waals surface area contributed by atoms with Crippen molar-refractivity contribution in [1.29, 1.82) is 0 Å². The maximum atomic E-state index is 12.9. The maximum Gasteiger partial charge on any atom is 0.174 e. The number of nitrogens with two attached hydrogens (primary N) is 1. The number of benzene rings is 1. The van der Waals surface area contributed by atoms with Crippen molar-refractivity contribution in [2.75, 3.05) is 20.2 Å². The highest BCUT2D eigenvalue weighted by atomic mass is 16.5. The quantitative estimate of drug-likeness (QED) is 0.897. The summed E-state index contributed by atoms with van der Waals surface area (Å²) in [6.45, 7) is 2.18. The highest BCUT2D eigenvalue weighted by molar-refractivity contribution is 5.90. The van der Waals surface area contributed by atoms with Crippen molar-refractivity contribution in [2.45, 2.75) is 61.6 Å². The largest absolute Gasteiger partial charge is 0.493 e. The first-order valence-corrected chi connectivity index (χ1v) is 10.0. The highest BCUT2D eigenvalue weighted by Crippen LogP contribution is 2.64. The molecule has 5 heteroatoms. The number of likely N-dealkylation sites (tertiary alicyclic amines) is 1. The summed E-state index contributed by atoms with van der Waals surface area (Å²) < 4.78 is 11.9. The molecule has 2 bridgehead atoms. The number of hydrogen-bond acceptors (Lipinski definition) is 5. The Morgan fingerprint density at radius 2 is 2.19 bits per heavy atom. The fourth-order valence-corrected chi connectivity index (χ4v) is 6.52. The number of Topliss-reactive ketones (excluding diaryl/α,β-unsaturated/α-hetero) is 1. The topological polar surface area (TPSA) is 64.8 Å². The Morgan fingerprint density at radius 1 is 1.35 bits per heavy atom. The Kier molecular flexibility index (Phi) is 2.86. The van der Waals surface area contributed by atoms with E-state index >= 15 is 0 Å². The third-order valence-corrected chi connectivity index (χ3v) is 7.90. The number of carbonyl (C=O) groups excluding carboxylic acids is 1. The van der Waals surface area contributed by atoms with Gasteiger partial charge < -0.3 is 15.2 Å². The van der Waals surface area contributed by atoms with Crippen LogP contribution in [0.3, 0.4) is 0 Å². The summed E-state index contributed by atoms with van der Waals surface area (Å²) >= 11 is 0. The fourth-order valence-electron chi connectivity index (χ4n) is 6.52. The van der Waals surface area contributed by atoms with Crippen molar-refractivity contribution >= 4 is 5.78 Å². The third-order valence-electron chi connectivity index (χ3n) is 7.90. The van der Waals surface area contributed by atoms with Gasteiger partial charge in [-0.25, -0.2) is 0 Å². The average molecular weight is 354 g/mol. The summed E-state index contributed by atoms with van der Waals surface area (Å²) in [5, 5.41) is 0. The monoisotopic (exact) mass is 354 g/mol. The minimum Gasteiger partial charge on any atom is -0.493 e. The van der Waals surface area contributed by atoms with Crippen LogP contribution in [0.2, 0.25) is 0 Å². The summed E-state index contributed by atoms with van der Waals surface area (Å²) in [6, 6.07) is 4.48. The van der Waals surface area contributed by atoms with E-state index in [0.29, 0.717) is 12.5 Å². The molecule has 2 aliphatic heterocycles. The van der Waals surface area contributed by atoms with Gasteiger partial charge in [0.15, 0.2) is 23.4 Å². The molecular formula is C21H26N2O3. The maximum absolute atomic E-state index is 12.9. The smallest absolute Gasteiger partial charge is 0.174 e.